The van der Waals surface area contributed by atoms with Crippen LogP contribution in [-0.4, -0.2) is 15.7 Å². The van der Waals surface area contributed by atoms with Crippen LogP contribution in [0.2, 0.25) is 0 Å². The van der Waals surface area contributed by atoms with Gasteiger partial charge in [-0.3, -0.25) is 9.48 Å². The second-order valence-corrected chi connectivity index (χ2v) is 4.54. The number of thiol groups is 1. The number of carbonyl (C=O) groups is 1. The van der Waals surface area contributed by atoms with Gasteiger partial charge < -0.3 is 5.32 Å². The largest absolute Gasteiger partial charge is 0.319 e. The molecule has 1 aromatic heterocycles. The molecule has 4 nitrogen and oxygen atoms in total. The standard InChI is InChI=1S/C13H15N3OS/c1-3-11-12(8-16(2)15-11)14-13(17)9-5-4-6-10(18)7-9/h4-8,18H,3H2,1-2H3,(H,14,17). The summed E-state index contributed by atoms with van der Waals surface area (Å²) in [4.78, 5) is 12.8. The SMILES string of the molecule is CCc1nn(C)cc1NC(=O)c1cccc(S)c1. The third-order valence-corrected chi connectivity index (χ3v) is 2.87. The molecule has 1 N–H and O–H groups in total. The summed E-state index contributed by atoms with van der Waals surface area (Å²) in [7, 11) is 1.84. The van der Waals surface area contributed by atoms with E-state index in [1.807, 2.05) is 20.0 Å². The van der Waals surface area contributed by atoms with Crippen LogP contribution in [0.15, 0.2) is 35.4 Å². The average molecular weight is 261 g/mol. The highest BCUT2D eigenvalue weighted by molar-refractivity contribution is 7.80. The zero-order valence-corrected chi connectivity index (χ0v) is 11.2. The van der Waals surface area contributed by atoms with Gasteiger partial charge in [0, 0.05) is 23.7 Å². The first-order chi connectivity index (χ1) is 8.60. The highest BCUT2D eigenvalue weighted by Crippen LogP contribution is 2.16. The van der Waals surface area contributed by atoms with Gasteiger partial charge in [-0.05, 0) is 24.6 Å². The zero-order chi connectivity index (χ0) is 13.1. The van der Waals surface area contributed by atoms with E-state index in [9.17, 15) is 4.79 Å². The Balaban J connectivity index is 2.21. The van der Waals surface area contributed by atoms with Gasteiger partial charge in [-0.2, -0.15) is 5.10 Å². The minimum atomic E-state index is -0.145. The number of aryl methyl sites for hydroxylation is 2. The molecule has 2 rings (SSSR count). The molecule has 1 aromatic carbocycles. The molecule has 18 heavy (non-hydrogen) atoms. The van der Waals surface area contributed by atoms with Gasteiger partial charge in [0.2, 0.25) is 0 Å². The third kappa shape index (κ3) is 2.73. The van der Waals surface area contributed by atoms with Crippen molar-refractivity contribution >= 4 is 24.2 Å². The summed E-state index contributed by atoms with van der Waals surface area (Å²) in [5, 5.41) is 7.15. The molecule has 0 aliphatic rings. The van der Waals surface area contributed by atoms with Crippen molar-refractivity contribution in [3.63, 3.8) is 0 Å². The summed E-state index contributed by atoms with van der Waals surface area (Å²) in [6.45, 7) is 2.01. The minimum absolute atomic E-state index is 0.145. The first-order valence-electron chi connectivity index (χ1n) is 5.73. The molecule has 0 saturated carbocycles. The molecule has 0 radical (unpaired) electrons. The lowest BCUT2D eigenvalue weighted by Crippen LogP contribution is -2.12. The fraction of sp³-hybridized carbons (Fsp3) is 0.231. The van der Waals surface area contributed by atoms with Gasteiger partial charge in [-0.1, -0.05) is 13.0 Å². The fourth-order valence-electron chi connectivity index (χ4n) is 1.74. The highest BCUT2D eigenvalue weighted by atomic mass is 32.1. The number of aromatic nitrogens is 2. The van der Waals surface area contributed by atoms with Crippen LogP contribution < -0.4 is 5.32 Å². The van der Waals surface area contributed by atoms with E-state index in [4.69, 9.17) is 0 Å². The van der Waals surface area contributed by atoms with E-state index in [0.29, 0.717) is 5.56 Å². The number of hydrogen-bond acceptors (Lipinski definition) is 3. The Morgan fingerprint density at radius 3 is 2.94 bits per heavy atom. The van der Waals surface area contributed by atoms with Crippen molar-refractivity contribution in [2.24, 2.45) is 7.05 Å². The molecule has 0 unspecified atom stereocenters. The van der Waals surface area contributed by atoms with E-state index in [0.717, 1.165) is 22.7 Å². The second kappa shape index (κ2) is 5.27. The summed E-state index contributed by atoms with van der Waals surface area (Å²) >= 11 is 4.22. The Hall–Kier alpha value is -1.75. The Kier molecular flexibility index (Phi) is 3.72. The molecule has 1 amide bonds. The molecule has 0 aliphatic carbocycles. The van der Waals surface area contributed by atoms with Crippen LogP contribution in [0.25, 0.3) is 0 Å². The van der Waals surface area contributed by atoms with Crippen LogP contribution in [0.3, 0.4) is 0 Å². The smallest absolute Gasteiger partial charge is 0.255 e. The number of nitrogens with zero attached hydrogens (tertiary/aromatic N) is 2. The van der Waals surface area contributed by atoms with Gasteiger partial charge in [0.15, 0.2) is 0 Å². The maximum Gasteiger partial charge on any atom is 0.255 e. The van der Waals surface area contributed by atoms with E-state index in [-0.39, 0.29) is 5.91 Å². The van der Waals surface area contributed by atoms with Crippen molar-refractivity contribution in [2.75, 3.05) is 5.32 Å². The minimum Gasteiger partial charge on any atom is -0.319 e. The molecule has 2 aromatic rings. The molecule has 1 heterocycles. The summed E-state index contributed by atoms with van der Waals surface area (Å²) < 4.78 is 1.70. The van der Waals surface area contributed by atoms with Crippen molar-refractivity contribution < 1.29 is 4.79 Å². The number of carbonyl (C=O) groups excluding carboxylic acids is 1. The summed E-state index contributed by atoms with van der Waals surface area (Å²) in [6, 6.07) is 7.14. The number of rotatable bonds is 3. The van der Waals surface area contributed by atoms with Crippen molar-refractivity contribution in [1.29, 1.82) is 0 Å². The maximum absolute atomic E-state index is 12.1. The number of hydrogen-bond donors (Lipinski definition) is 2. The number of amides is 1. The Labute approximate surface area is 111 Å². The first kappa shape index (κ1) is 12.7. The molecule has 0 saturated heterocycles. The number of anilines is 1. The van der Waals surface area contributed by atoms with Crippen LogP contribution in [0, 0.1) is 0 Å². The summed E-state index contributed by atoms with van der Waals surface area (Å²) in [5.41, 5.74) is 2.23. The Bertz CT molecular complexity index is 577. The zero-order valence-electron chi connectivity index (χ0n) is 10.3. The van der Waals surface area contributed by atoms with E-state index in [1.54, 1.807) is 29.1 Å². The fourth-order valence-corrected chi connectivity index (χ4v) is 1.97. The highest BCUT2D eigenvalue weighted by Gasteiger charge is 2.11. The molecule has 0 bridgehead atoms. The van der Waals surface area contributed by atoms with E-state index < -0.39 is 0 Å². The molecule has 94 valence electrons. The first-order valence-corrected chi connectivity index (χ1v) is 6.17. The lowest BCUT2D eigenvalue weighted by molar-refractivity contribution is 0.102. The van der Waals surface area contributed by atoms with Crippen molar-refractivity contribution in [3.05, 3.63) is 41.7 Å². The molecular formula is C13H15N3OS. The number of nitrogens with one attached hydrogen (secondary N) is 1. The predicted molar refractivity (Wildman–Crippen MR) is 74.2 cm³/mol. The number of benzene rings is 1. The quantitative estimate of drug-likeness (QED) is 0.834. The van der Waals surface area contributed by atoms with Gasteiger partial charge in [-0.15, -0.1) is 12.6 Å². The van der Waals surface area contributed by atoms with Gasteiger partial charge in [-0.25, -0.2) is 0 Å². The van der Waals surface area contributed by atoms with Crippen LogP contribution in [0.4, 0.5) is 5.69 Å². The normalized spacial score (nSPS) is 10.4. The lowest BCUT2D eigenvalue weighted by atomic mass is 10.2. The Morgan fingerprint density at radius 2 is 2.28 bits per heavy atom. The van der Waals surface area contributed by atoms with E-state index >= 15 is 0 Å². The van der Waals surface area contributed by atoms with Crippen molar-refractivity contribution in [1.82, 2.24) is 9.78 Å². The van der Waals surface area contributed by atoms with Gasteiger partial charge >= 0.3 is 0 Å². The van der Waals surface area contributed by atoms with Gasteiger partial charge in [0.25, 0.3) is 5.91 Å². The van der Waals surface area contributed by atoms with Crippen LogP contribution in [-0.2, 0) is 13.5 Å². The maximum atomic E-state index is 12.1. The molecule has 0 fully saturated rings. The lowest BCUT2D eigenvalue weighted by Gasteiger charge is -2.04. The molecule has 5 heteroatoms. The van der Waals surface area contributed by atoms with Crippen molar-refractivity contribution in [2.45, 2.75) is 18.2 Å². The van der Waals surface area contributed by atoms with Crippen molar-refractivity contribution in [3.8, 4) is 0 Å². The van der Waals surface area contributed by atoms with E-state index in [2.05, 4.69) is 23.0 Å². The van der Waals surface area contributed by atoms with Crippen LogP contribution in [0.5, 0.6) is 0 Å². The van der Waals surface area contributed by atoms with Gasteiger partial charge in [0.1, 0.15) is 0 Å². The Morgan fingerprint density at radius 1 is 1.50 bits per heavy atom. The van der Waals surface area contributed by atoms with E-state index in [1.165, 1.54) is 0 Å². The molecular weight excluding hydrogens is 246 g/mol. The summed E-state index contributed by atoms with van der Waals surface area (Å²) in [5.74, 6) is -0.145. The molecule has 0 spiro atoms. The second-order valence-electron chi connectivity index (χ2n) is 4.02. The average Bonchev–Trinajstić information content (AvgIpc) is 2.69. The topological polar surface area (TPSA) is 46.9 Å². The monoisotopic (exact) mass is 261 g/mol. The van der Waals surface area contributed by atoms with Gasteiger partial charge in [0.05, 0.1) is 11.4 Å². The molecule has 0 atom stereocenters. The third-order valence-electron chi connectivity index (χ3n) is 2.60. The van der Waals surface area contributed by atoms with Crippen LogP contribution >= 0.6 is 12.6 Å². The molecule has 0 aliphatic heterocycles. The summed E-state index contributed by atoms with van der Waals surface area (Å²) in [6.07, 6.45) is 2.59. The van der Waals surface area contributed by atoms with Crippen LogP contribution in [0.1, 0.15) is 23.0 Å². The predicted octanol–water partition coefficient (Wildman–Crippen LogP) is 2.52.